The summed E-state index contributed by atoms with van der Waals surface area (Å²) in [6.45, 7) is 11.3. The summed E-state index contributed by atoms with van der Waals surface area (Å²) in [6.07, 6.45) is 4.71. The van der Waals surface area contributed by atoms with E-state index in [-0.39, 0.29) is 0 Å². The molecule has 1 aromatic rings. The summed E-state index contributed by atoms with van der Waals surface area (Å²) >= 11 is 0. The zero-order valence-electron chi connectivity index (χ0n) is 14.7. The van der Waals surface area contributed by atoms with Crippen LogP contribution >= 0.6 is 0 Å². The van der Waals surface area contributed by atoms with E-state index in [1.54, 1.807) is 52.0 Å². The molecule has 0 aromatic heterocycles. The number of rotatable bonds is 3. The van der Waals surface area contributed by atoms with Crippen molar-refractivity contribution in [2.24, 2.45) is 0 Å². The minimum Gasteiger partial charge on any atom is -0.462 e. The van der Waals surface area contributed by atoms with E-state index in [1.165, 1.54) is 0 Å². The first kappa shape index (κ1) is 20.5. The Hall–Kier alpha value is -2.48. The molecule has 0 radical (unpaired) electrons. The normalized spacial score (nSPS) is 9.78. The summed E-state index contributed by atoms with van der Waals surface area (Å²) in [7, 11) is 0. The molecule has 0 bridgehead atoms. The second-order valence-corrected chi connectivity index (χ2v) is 5.21. The highest BCUT2D eigenvalue weighted by Crippen LogP contribution is 2.18. The number of carbonyl (C=O) groups excluding carboxylic acids is 2. The predicted molar refractivity (Wildman–Crippen MR) is 91.3 cm³/mol. The van der Waals surface area contributed by atoms with Crippen LogP contribution < -0.4 is 4.90 Å². The van der Waals surface area contributed by atoms with Crippen LogP contribution in [0.25, 0.3) is 0 Å². The van der Waals surface area contributed by atoms with Crippen molar-refractivity contribution in [2.45, 2.75) is 47.1 Å². The average molecular weight is 319 g/mol. The number of terminal acetylenes is 1. The first-order chi connectivity index (χ1) is 10.8. The highest BCUT2D eigenvalue weighted by molar-refractivity contribution is 5.93. The fraction of sp³-hybridized carbons (Fsp3) is 0.444. The van der Waals surface area contributed by atoms with Crippen molar-refractivity contribution in [3.8, 4) is 12.5 Å². The van der Waals surface area contributed by atoms with E-state index in [0.717, 1.165) is 4.90 Å². The number of ether oxygens (including phenoxy) is 2. The summed E-state index contributed by atoms with van der Waals surface area (Å²) in [6, 6.07) is 8.48. The summed E-state index contributed by atoms with van der Waals surface area (Å²) in [4.78, 5) is 24.6. The van der Waals surface area contributed by atoms with Crippen LogP contribution in [0.1, 0.15) is 51.9 Å². The number of carbonyl (C=O) groups is 2. The van der Waals surface area contributed by atoms with Crippen LogP contribution in [-0.2, 0) is 9.47 Å². The fourth-order valence-corrected chi connectivity index (χ4v) is 1.50. The largest absolute Gasteiger partial charge is 0.462 e. The molecule has 0 unspecified atom stereocenters. The van der Waals surface area contributed by atoms with Crippen molar-refractivity contribution in [2.75, 3.05) is 11.5 Å². The number of nitrogens with zero attached hydrogens (tertiary/aromatic N) is 1. The van der Waals surface area contributed by atoms with Gasteiger partial charge in [0.05, 0.1) is 17.9 Å². The van der Waals surface area contributed by atoms with Gasteiger partial charge in [-0.25, -0.2) is 14.5 Å². The van der Waals surface area contributed by atoms with Crippen LogP contribution in [0.4, 0.5) is 10.5 Å². The highest BCUT2D eigenvalue weighted by Gasteiger charge is 2.22. The predicted octanol–water partition coefficient (Wildman–Crippen LogP) is 4.22. The van der Waals surface area contributed by atoms with Gasteiger partial charge in [-0.1, -0.05) is 20.3 Å². The number of hydrogen-bond donors (Lipinski definition) is 0. The molecule has 0 atom stereocenters. The Kier molecular flexibility index (Phi) is 8.49. The Bertz CT molecular complexity index is 550. The number of benzene rings is 1. The van der Waals surface area contributed by atoms with Crippen LogP contribution in [0.15, 0.2) is 24.3 Å². The lowest BCUT2D eigenvalue weighted by molar-refractivity contribution is 0.0525. The maximum atomic E-state index is 12.0. The van der Waals surface area contributed by atoms with E-state index in [0.29, 0.717) is 17.9 Å². The molecule has 1 rings (SSSR count). The molecule has 0 spiro atoms. The molecule has 1 aromatic carbocycles. The van der Waals surface area contributed by atoms with Crippen molar-refractivity contribution in [3.05, 3.63) is 29.8 Å². The first-order valence-electron chi connectivity index (χ1n) is 7.55. The minimum atomic E-state index is -0.645. The van der Waals surface area contributed by atoms with E-state index in [9.17, 15) is 9.59 Å². The Morgan fingerprint density at radius 2 is 1.70 bits per heavy atom. The average Bonchev–Trinajstić information content (AvgIpc) is 2.49. The van der Waals surface area contributed by atoms with Crippen LogP contribution in [0, 0.1) is 12.5 Å². The third kappa shape index (κ3) is 6.88. The van der Waals surface area contributed by atoms with Gasteiger partial charge in [0.1, 0.15) is 5.60 Å². The molecule has 0 N–H and O–H groups in total. The van der Waals surface area contributed by atoms with Gasteiger partial charge in [0.15, 0.2) is 0 Å². The van der Waals surface area contributed by atoms with Crippen molar-refractivity contribution >= 4 is 17.7 Å². The smallest absolute Gasteiger partial charge is 0.426 e. The van der Waals surface area contributed by atoms with Gasteiger partial charge < -0.3 is 9.47 Å². The van der Waals surface area contributed by atoms with Gasteiger partial charge in [0, 0.05) is 6.04 Å². The molecule has 0 aliphatic rings. The lowest BCUT2D eigenvalue weighted by Crippen LogP contribution is -2.33. The quantitative estimate of drug-likeness (QED) is 0.475. The Labute approximate surface area is 138 Å². The van der Waals surface area contributed by atoms with Crippen LogP contribution in [-0.4, -0.2) is 24.3 Å². The minimum absolute atomic E-state index is 0.301. The van der Waals surface area contributed by atoms with Gasteiger partial charge in [-0.05, 0) is 52.0 Å². The SMILES string of the molecule is C#CN(C(=O)OC(C)(C)C)c1ccc(C(=O)OCC)cc1.CC. The topological polar surface area (TPSA) is 55.8 Å². The van der Waals surface area contributed by atoms with Crippen molar-refractivity contribution in [1.29, 1.82) is 0 Å². The lowest BCUT2D eigenvalue weighted by atomic mass is 10.2. The molecule has 0 heterocycles. The number of amides is 1. The lowest BCUT2D eigenvalue weighted by Gasteiger charge is -2.23. The maximum absolute atomic E-state index is 12.0. The summed E-state index contributed by atoms with van der Waals surface area (Å²) in [5.74, 6) is -0.423. The second-order valence-electron chi connectivity index (χ2n) is 5.21. The van der Waals surface area contributed by atoms with E-state index in [4.69, 9.17) is 15.9 Å². The molecule has 5 heteroatoms. The van der Waals surface area contributed by atoms with Gasteiger partial charge in [-0.2, -0.15) is 0 Å². The Morgan fingerprint density at radius 3 is 2.09 bits per heavy atom. The van der Waals surface area contributed by atoms with Gasteiger partial charge in [0.2, 0.25) is 0 Å². The number of anilines is 1. The molecule has 126 valence electrons. The van der Waals surface area contributed by atoms with Crippen molar-refractivity contribution < 1.29 is 19.1 Å². The Balaban J connectivity index is 0.00000232. The van der Waals surface area contributed by atoms with Crippen molar-refractivity contribution in [3.63, 3.8) is 0 Å². The number of esters is 1. The third-order valence-electron chi connectivity index (χ3n) is 2.34. The van der Waals surface area contributed by atoms with Gasteiger partial charge in [0.25, 0.3) is 0 Å². The van der Waals surface area contributed by atoms with Crippen LogP contribution in [0.2, 0.25) is 0 Å². The van der Waals surface area contributed by atoms with Gasteiger partial charge in [-0.15, -0.1) is 0 Å². The van der Waals surface area contributed by atoms with Crippen LogP contribution in [0.3, 0.4) is 0 Å². The summed E-state index contributed by atoms with van der Waals surface area (Å²) in [5.41, 5.74) is 0.193. The molecule has 0 fully saturated rings. The fourth-order valence-electron chi connectivity index (χ4n) is 1.50. The second kappa shape index (κ2) is 9.52. The molecular formula is C18H25NO4. The molecule has 23 heavy (non-hydrogen) atoms. The van der Waals surface area contributed by atoms with E-state index >= 15 is 0 Å². The zero-order valence-corrected chi connectivity index (χ0v) is 14.7. The monoisotopic (exact) mass is 319 g/mol. The van der Waals surface area contributed by atoms with E-state index < -0.39 is 17.7 Å². The van der Waals surface area contributed by atoms with Crippen LogP contribution in [0.5, 0.6) is 0 Å². The molecule has 0 saturated carbocycles. The van der Waals surface area contributed by atoms with E-state index in [2.05, 4.69) is 6.04 Å². The summed E-state index contributed by atoms with van der Waals surface area (Å²) in [5, 5.41) is 0. The molecule has 5 nitrogen and oxygen atoms in total. The van der Waals surface area contributed by atoms with Gasteiger partial charge in [-0.3, -0.25) is 0 Å². The molecule has 0 aliphatic heterocycles. The highest BCUT2D eigenvalue weighted by atomic mass is 16.6. The van der Waals surface area contributed by atoms with Gasteiger partial charge >= 0.3 is 12.1 Å². The van der Waals surface area contributed by atoms with Crippen molar-refractivity contribution in [1.82, 2.24) is 0 Å². The molecule has 1 amide bonds. The van der Waals surface area contributed by atoms with E-state index in [1.807, 2.05) is 13.8 Å². The number of hydrogen-bond acceptors (Lipinski definition) is 4. The third-order valence-corrected chi connectivity index (χ3v) is 2.34. The first-order valence-corrected chi connectivity index (χ1v) is 7.55. The zero-order chi connectivity index (χ0) is 18.0. The Morgan fingerprint density at radius 1 is 1.17 bits per heavy atom. The maximum Gasteiger partial charge on any atom is 0.426 e. The molecule has 0 aliphatic carbocycles. The molecule has 0 saturated heterocycles. The molecular weight excluding hydrogens is 294 g/mol. The summed E-state index contributed by atoms with van der Waals surface area (Å²) < 4.78 is 10.1. The standard InChI is InChI=1S/C16H19NO4.C2H6/c1-6-17(15(19)21-16(3,4)5)13-10-8-12(9-11-13)14(18)20-7-2;1-2/h1,8-11H,7H2,2-5H3;1-2H3.